The van der Waals surface area contributed by atoms with Gasteiger partial charge in [0.25, 0.3) is 0 Å². The summed E-state index contributed by atoms with van der Waals surface area (Å²) >= 11 is 1.79. The van der Waals surface area contributed by atoms with Crippen molar-refractivity contribution in [2.45, 2.75) is 25.4 Å². The van der Waals surface area contributed by atoms with Crippen molar-refractivity contribution in [2.75, 3.05) is 49.6 Å². The van der Waals surface area contributed by atoms with Crippen molar-refractivity contribution in [3.63, 3.8) is 0 Å². The molecule has 1 aromatic heterocycles. The Labute approximate surface area is 157 Å². The van der Waals surface area contributed by atoms with Crippen LogP contribution in [0.25, 0.3) is 0 Å². The molecule has 5 nitrogen and oxygen atoms in total. The van der Waals surface area contributed by atoms with Gasteiger partial charge in [-0.2, -0.15) is 0 Å². The third-order valence-electron chi connectivity index (χ3n) is 4.90. The van der Waals surface area contributed by atoms with Crippen LogP contribution in [0.3, 0.4) is 0 Å². The molecule has 4 rings (SSSR count). The van der Waals surface area contributed by atoms with E-state index in [2.05, 4.69) is 20.1 Å². The topological polar surface area (TPSA) is 40.6 Å². The molecule has 26 heavy (non-hydrogen) atoms. The molecule has 1 aromatic carbocycles. The minimum Gasteiger partial charge on any atom is -0.381 e. The number of halogens is 1. The van der Waals surface area contributed by atoms with Gasteiger partial charge < -0.3 is 15.0 Å². The highest BCUT2D eigenvalue weighted by molar-refractivity contribution is 7.15. The van der Waals surface area contributed by atoms with Crippen LogP contribution in [0.2, 0.25) is 0 Å². The van der Waals surface area contributed by atoms with Gasteiger partial charge >= 0.3 is 0 Å². The predicted octanol–water partition coefficient (Wildman–Crippen LogP) is 3.20. The van der Waals surface area contributed by atoms with Gasteiger partial charge in [-0.3, -0.25) is 4.90 Å². The van der Waals surface area contributed by atoms with Crippen LogP contribution < -0.4 is 10.2 Å². The number of nitrogens with zero attached hydrogens (tertiary/aromatic N) is 3. The molecule has 140 valence electrons. The minimum absolute atomic E-state index is 0.192. The van der Waals surface area contributed by atoms with Gasteiger partial charge in [0.15, 0.2) is 5.13 Å². The fourth-order valence-electron chi connectivity index (χ4n) is 3.62. The van der Waals surface area contributed by atoms with Gasteiger partial charge in [-0.25, -0.2) is 9.37 Å². The molecule has 1 atom stereocenters. The highest BCUT2D eigenvalue weighted by atomic mass is 32.1. The maximum Gasteiger partial charge on any atom is 0.185 e. The van der Waals surface area contributed by atoms with Crippen LogP contribution in [0, 0.1) is 5.82 Å². The summed E-state index contributed by atoms with van der Waals surface area (Å²) in [6, 6.07) is 7.09. The van der Waals surface area contributed by atoms with Crippen LogP contribution in [0.4, 0.5) is 15.2 Å². The number of anilines is 2. The van der Waals surface area contributed by atoms with Crippen molar-refractivity contribution in [1.29, 1.82) is 0 Å². The summed E-state index contributed by atoms with van der Waals surface area (Å²) in [5.74, 6) is -0.192. The van der Waals surface area contributed by atoms with E-state index in [1.807, 2.05) is 12.3 Å². The summed E-state index contributed by atoms with van der Waals surface area (Å²) in [5, 5.41) is 4.58. The first-order chi connectivity index (χ1) is 12.8. The van der Waals surface area contributed by atoms with Crippen molar-refractivity contribution < 1.29 is 9.13 Å². The zero-order valence-electron chi connectivity index (χ0n) is 14.9. The van der Waals surface area contributed by atoms with Gasteiger partial charge in [0.1, 0.15) is 5.82 Å². The summed E-state index contributed by atoms with van der Waals surface area (Å²) in [4.78, 5) is 10.7. The number of nitrogens with one attached hydrogen (secondary N) is 1. The number of rotatable bonds is 5. The Bertz CT molecular complexity index is 719. The number of aromatic nitrogens is 1. The van der Waals surface area contributed by atoms with Crippen LogP contribution in [-0.2, 0) is 11.3 Å². The van der Waals surface area contributed by atoms with Gasteiger partial charge in [0.2, 0.25) is 0 Å². The van der Waals surface area contributed by atoms with E-state index < -0.39 is 0 Å². The number of hydrogen-bond donors (Lipinski definition) is 1. The minimum atomic E-state index is -0.192. The number of piperidine rings is 1. The molecule has 2 fully saturated rings. The fourth-order valence-corrected chi connectivity index (χ4v) is 4.63. The number of hydrogen-bond acceptors (Lipinski definition) is 6. The van der Waals surface area contributed by atoms with E-state index in [0.29, 0.717) is 6.04 Å². The second-order valence-electron chi connectivity index (χ2n) is 6.94. The van der Waals surface area contributed by atoms with Crippen LogP contribution in [0.15, 0.2) is 30.5 Å². The molecule has 7 heteroatoms. The Morgan fingerprint density at radius 3 is 3.00 bits per heavy atom. The van der Waals surface area contributed by atoms with E-state index in [-0.39, 0.29) is 5.82 Å². The van der Waals surface area contributed by atoms with E-state index >= 15 is 0 Å². The van der Waals surface area contributed by atoms with E-state index in [1.54, 1.807) is 23.5 Å². The molecular formula is C19H25FN4OS. The second kappa shape index (κ2) is 8.33. The molecule has 3 heterocycles. The normalized spacial score (nSPS) is 21.7. The number of morpholine rings is 1. The first-order valence-corrected chi connectivity index (χ1v) is 10.1. The Hall–Kier alpha value is -1.70. The Morgan fingerprint density at radius 1 is 1.27 bits per heavy atom. The summed E-state index contributed by atoms with van der Waals surface area (Å²) in [6.07, 6.45) is 4.29. The van der Waals surface area contributed by atoms with Crippen LogP contribution in [0.5, 0.6) is 0 Å². The van der Waals surface area contributed by atoms with Crippen LogP contribution >= 0.6 is 11.3 Å². The van der Waals surface area contributed by atoms with Crippen molar-refractivity contribution in [3.8, 4) is 0 Å². The first-order valence-electron chi connectivity index (χ1n) is 9.28. The third kappa shape index (κ3) is 4.52. The summed E-state index contributed by atoms with van der Waals surface area (Å²) in [5.41, 5.74) is 0.865. The van der Waals surface area contributed by atoms with Crippen molar-refractivity contribution >= 4 is 22.2 Å². The van der Waals surface area contributed by atoms with E-state index in [9.17, 15) is 4.39 Å². The van der Waals surface area contributed by atoms with Crippen molar-refractivity contribution in [2.24, 2.45) is 0 Å². The average molecular weight is 377 g/mol. The predicted molar refractivity (Wildman–Crippen MR) is 103 cm³/mol. The molecule has 1 unspecified atom stereocenters. The molecule has 0 spiro atoms. The lowest BCUT2D eigenvalue weighted by molar-refractivity contribution is 0.122. The third-order valence-corrected chi connectivity index (χ3v) is 5.95. The van der Waals surface area contributed by atoms with E-state index in [1.165, 1.54) is 10.9 Å². The highest BCUT2D eigenvalue weighted by Crippen LogP contribution is 2.26. The van der Waals surface area contributed by atoms with Gasteiger partial charge in [0, 0.05) is 49.0 Å². The monoisotopic (exact) mass is 376 g/mol. The van der Waals surface area contributed by atoms with Crippen molar-refractivity contribution in [3.05, 3.63) is 41.2 Å². The molecule has 2 aromatic rings. The first kappa shape index (κ1) is 17.7. The summed E-state index contributed by atoms with van der Waals surface area (Å²) < 4.78 is 18.8. The average Bonchev–Trinajstić information content (AvgIpc) is 3.11. The largest absolute Gasteiger partial charge is 0.381 e. The smallest absolute Gasteiger partial charge is 0.185 e. The van der Waals surface area contributed by atoms with Gasteiger partial charge in [-0.1, -0.05) is 6.07 Å². The lowest BCUT2D eigenvalue weighted by Gasteiger charge is -2.33. The summed E-state index contributed by atoms with van der Waals surface area (Å²) in [6.45, 7) is 6.44. The molecule has 2 aliphatic heterocycles. The SMILES string of the molecule is Fc1cccc(NC2CCCN(Cc3cnc(N4CCOCC4)s3)C2)c1. The number of benzene rings is 1. The quantitative estimate of drug-likeness (QED) is 0.868. The lowest BCUT2D eigenvalue weighted by Crippen LogP contribution is -2.41. The Morgan fingerprint density at radius 2 is 2.15 bits per heavy atom. The van der Waals surface area contributed by atoms with E-state index in [4.69, 9.17) is 4.74 Å². The standard InChI is InChI=1S/C19H25FN4OS/c20-15-3-1-4-16(11-15)22-17-5-2-6-23(13-17)14-18-12-21-19(26-18)24-7-9-25-10-8-24/h1,3-4,11-12,17,22H,2,5-10,13-14H2. The van der Waals surface area contributed by atoms with Crippen LogP contribution in [0.1, 0.15) is 17.7 Å². The molecule has 2 aliphatic rings. The number of ether oxygens (including phenoxy) is 1. The molecule has 0 amide bonds. The van der Waals surface area contributed by atoms with Gasteiger partial charge in [0.05, 0.1) is 13.2 Å². The zero-order chi connectivity index (χ0) is 17.8. The molecule has 0 aliphatic carbocycles. The number of thiazole rings is 1. The fraction of sp³-hybridized carbons (Fsp3) is 0.526. The van der Waals surface area contributed by atoms with Crippen LogP contribution in [-0.4, -0.2) is 55.3 Å². The second-order valence-corrected chi connectivity index (χ2v) is 8.03. The maximum absolute atomic E-state index is 13.4. The molecule has 0 bridgehead atoms. The number of likely N-dealkylation sites (tertiary alicyclic amines) is 1. The van der Waals surface area contributed by atoms with Crippen molar-refractivity contribution in [1.82, 2.24) is 9.88 Å². The molecule has 1 N–H and O–H groups in total. The zero-order valence-corrected chi connectivity index (χ0v) is 15.7. The van der Waals surface area contributed by atoms with E-state index in [0.717, 1.165) is 69.6 Å². The maximum atomic E-state index is 13.4. The Balaban J connectivity index is 1.32. The molecular weight excluding hydrogens is 351 g/mol. The lowest BCUT2D eigenvalue weighted by atomic mass is 10.1. The highest BCUT2D eigenvalue weighted by Gasteiger charge is 2.21. The molecule has 0 radical (unpaired) electrons. The van der Waals surface area contributed by atoms with Gasteiger partial charge in [-0.15, -0.1) is 11.3 Å². The molecule has 0 saturated carbocycles. The molecule has 2 saturated heterocycles. The Kier molecular flexibility index (Phi) is 5.67. The van der Waals surface area contributed by atoms with Gasteiger partial charge in [-0.05, 0) is 37.6 Å². The summed E-state index contributed by atoms with van der Waals surface area (Å²) in [7, 11) is 0.